The third-order valence-corrected chi connectivity index (χ3v) is 3.24. The van der Waals surface area contributed by atoms with Gasteiger partial charge in [0.2, 0.25) is 5.91 Å². The van der Waals surface area contributed by atoms with E-state index in [2.05, 4.69) is 23.5 Å². The van der Waals surface area contributed by atoms with Gasteiger partial charge in [-0.3, -0.25) is 4.79 Å². The molecule has 0 aliphatic carbocycles. The summed E-state index contributed by atoms with van der Waals surface area (Å²) in [6.45, 7) is 5.32. The molecule has 1 atom stereocenters. The van der Waals surface area contributed by atoms with Crippen LogP contribution in [0.15, 0.2) is 0 Å². The Kier molecular flexibility index (Phi) is 12.7. The molecule has 0 aliphatic rings. The smallest absolute Gasteiger partial charge is 0.237 e. The first-order valence-corrected chi connectivity index (χ1v) is 7.67. The van der Waals surface area contributed by atoms with E-state index >= 15 is 0 Å². The van der Waals surface area contributed by atoms with Crippen LogP contribution < -0.4 is 10.6 Å². The van der Waals surface area contributed by atoms with E-state index in [0.29, 0.717) is 6.54 Å². The lowest BCUT2D eigenvalue weighted by Crippen LogP contribution is -2.42. The third kappa shape index (κ3) is 11.8. The summed E-state index contributed by atoms with van der Waals surface area (Å²) >= 11 is 0. The van der Waals surface area contributed by atoms with Crippen molar-refractivity contribution in [3.8, 4) is 12.3 Å². The fraction of sp³-hybridized carbons (Fsp3) is 0.812. The van der Waals surface area contributed by atoms with Crippen LogP contribution in [-0.2, 0) is 4.79 Å². The summed E-state index contributed by atoms with van der Waals surface area (Å²) in [6.07, 6.45) is 15.6. The molecule has 3 heteroatoms. The zero-order chi connectivity index (χ0) is 14.3. The maximum absolute atomic E-state index is 11.5. The van der Waals surface area contributed by atoms with Crippen LogP contribution in [0.5, 0.6) is 0 Å². The molecule has 0 rings (SSSR count). The summed E-state index contributed by atoms with van der Waals surface area (Å²) in [5.74, 6) is 2.38. The summed E-state index contributed by atoms with van der Waals surface area (Å²) in [6, 6.07) is -0.155. The van der Waals surface area contributed by atoms with Crippen LogP contribution in [0.3, 0.4) is 0 Å². The molecule has 0 saturated heterocycles. The van der Waals surface area contributed by atoms with Crippen LogP contribution in [-0.4, -0.2) is 25.0 Å². The van der Waals surface area contributed by atoms with Crippen LogP contribution in [0.25, 0.3) is 0 Å². The van der Waals surface area contributed by atoms with Crippen molar-refractivity contribution in [1.82, 2.24) is 10.6 Å². The van der Waals surface area contributed by atoms with Gasteiger partial charge in [-0.05, 0) is 19.9 Å². The van der Waals surface area contributed by atoms with E-state index in [4.69, 9.17) is 6.42 Å². The van der Waals surface area contributed by atoms with Gasteiger partial charge >= 0.3 is 0 Å². The summed E-state index contributed by atoms with van der Waals surface area (Å²) < 4.78 is 0. The molecular weight excluding hydrogens is 236 g/mol. The van der Waals surface area contributed by atoms with Crippen molar-refractivity contribution < 1.29 is 4.79 Å². The first-order valence-electron chi connectivity index (χ1n) is 7.67. The zero-order valence-electron chi connectivity index (χ0n) is 12.6. The predicted octanol–water partition coefficient (Wildman–Crippen LogP) is 2.85. The molecule has 0 aromatic rings. The molecule has 110 valence electrons. The van der Waals surface area contributed by atoms with Gasteiger partial charge < -0.3 is 10.6 Å². The summed E-state index contributed by atoms with van der Waals surface area (Å²) in [5, 5.41) is 5.90. The second kappa shape index (κ2) is 13.4. The molecule has 0 fully saturated rings. The molecule has 3 nitrogen and oxygen atoms in total. The van der Waals surface area contributed by atoms with Gasteiger partial charge in [-0.1, -0.05) is 57.8 Å². The minimum Gasteiger partial charge on any atom is -0.344 e. The van der Waals surface area contributed by atoms with Crippen molar-refractivity contribution >= 4 is 5.91 Å². The second-order valence-corrected chi connectivity index (χ2v) is 5.07. The zero-order valence-corrected chi connectivity index (χ0v) is 12.6. The van der Waals surface area contributed by atoms with Crippen molar-refractivity contribution in [3.63, 3.8) is 0 Å². The lowest BCUT2D eigenvalue weighted by atomic mass is 10.1. The van der Waals surface area contributed by atoms with Gasteiger partial charge in [0, 0.05) is 0 Å². The van der Waals surface area contributed by atoms with E-state index in [0.717, 1.165) is 13.0 Å². The van der Waals surface area contributed by atoms with Crippen LogP contribution in [0.2, 0.25) is 0 Å². The highest BCUT2D eigenvalue weighted by molar-refractivity contribution is 5.81. The van der Waals surface area contributed by atoms with Crippen LogP contribution >= 0.6 is 0 Å². The van der Waals surface area contributed by atoms with E-state index < -0.39 is 0 Å². The maximum Gasteiger partial charge on any atom is 0.237 e. The molecule has 0 radical (unpaired) electrons. The van der Waals surface area contributed by atoms with Gasteiger partial charge in [0.15, 0.2) is 0 Å². The first-order chi connectivity index (χ1) is 9.22. The predicted molar refractivity (Wildman–Crippen MR) is 81.9 cm³/mol. The Bertz CT molecular complexity index is 258. The van der Waals surface area contributed by atoms with E-state index in [1.807, 2.05) is 6.92 Å². The lowest BCUT2D eigenvalue weighted by molar-refractivity contribution is -0.122. The van der Waals surface area contributed by atoms with Crippen molar-refractivity contribution in [3.05, 3.63) is 0 Å². The molecule has 0 aromatic carbocycles. The molecule has 0 aromatic heterocycles. The Morgan fingerprint density at radius 1 is 1.11 bits per heavy atom. The molecule has 0 spiro atoms. The molecular formula is C16H30N2O. The number of rotatable bonds is 12. The highest BCUT2D eigenvalue weighted by Crippen LogP contribution is 2.07. The number of unbranched alkanes of at least 4 members (excludes halogenated alkanes) is 7. The number of carbonyl (C=O) groups is 1. The fourth-order valence-corrected chi connectivity index (χ4v) is 1.96. The molecule has 0 heterocycles. The van der Waals surface area contributed by atoms with Crippen molar-refractivity contribution in [2.75, 3.05) is 13.1 Å². The largest absolute Gasteiger partial charge is 0.344 e. The monoisotopic (exact) mass is 266 g/mol. The standard InChI is InChI=1S/C16H30N2O/c1-4-6-7-8-9-10-11-12-14-17-15(3)16(19)18-13-5-2/h2,15,17H,4,6-14H2,1,3H3,(H,18,19). The van der Waals surface area contributed by atoms with Gasteiger partial charge in [-0.25, -0.2) is 0 Å². The van der Waals surface area contributed by atoms with E-state index in [1.165, 1.54) is 44.9 Å². The van der Waals surface area contributed by atoms with Crippen molar-refractivity contribution in [2.24, 2.45) is 0 Å². The second-order valence-electron chi connectivity index (χ2n) is 5.07. The number of nitrogens with one attached hydrogen (secondary N) is 2. The fourth-order valence-electron chi connectivity index (χ4n) is 1.96. The third-order valence-electron chi connectivity index (χ3n) is 3.24. The maximum atomic E-state index is 11.5. The first kappa shape index (κ1) is 18.0. The molecule has 0 saturated carbocycles. The van der Waals surface area contributed by atoms with E-state index in [9.17, 15) is 4.79 Å². The highest BCUT2D eigenvalue weighted by Gasteiger charge is 2.09. The number of hydrogen-bond acceptors (Lipinski definition) is 2. The molecule has 19 heavy (non-hydrogen) atoms. The summed E-state index contributed by atoms with van der Waals surface area (Å²) in [7, 11) is 0. The van der Waals surface area contributed by atoms with Gasteiger partial charge in [0.25, 0.3) is 0 Å². The van der Waals surface area contributed by atoms with Gasteiger partial charge in [-0.15, -0.1) is 6.42 Å². The van der Waals surface area contributed by atoms with Crippen LogP contribution in [0, 0.1) is 12.3 Å². The average Bonchev–Trinajstić information content (AvgIpc) is 2.42. The van der Waals surface area contributed by atoms with E-state index in [-0.39, 0.29) is 11.9 Å². The highest BCUT2D eigenvalue weighted by atomic mass is 16.2. The van der Waals surface area contributed by atoms with Gasteiger partial charge in [0.1, 0.15) is 0 Å². The Labute approximate surface area is 118 Å². The van der Waals surface area contributed by atoms with Crippen molar-refractivity contribution in [2.45, 2.75) is 71.3 Å². The minimum atomic E-state index is -0.155. The molecule has 0 bridgehead atoms. The SMILES string of the molecule is C#CCNC(=O)C(C)NCCCCCCCCCC. The van der Waals surface area contributed by atoms with Gasteiger partial charge in [-0.2, -0.15) is 0 Å². The quantitative estimate of drug-likeness (QED) is 0.421. The Morgan fingerprint density at radius 2 is 1.68 bits per heavy atom. The Hall–Kier alpha value is -1.01. The Balaban J connectivity index is 3.29. The van der Waals surface area contributed by atoms with Crippen LogP contribution in [0.4, 0.5) is 0 Å². The topological polar surface area (TPSA) is 41.1 Å². The molecule has 2 N–H and O–H groups in total. The van der Waals surface area contributed by atoms with Gasteiger partial charge in [0.05, 0.1) is 12.6 Å². The molecule has 1 amide bonds. The van der Waals surface area contributed by atoms with E-state index in [1.54, 1.807) is 0 Å². The number of amides is 1. The number of carbonyl (C=O) groups excluding carboxylic acids is 1. The average molecular weight is 266 g/mol. The molecule has 1 unspecified atom stereocenters. The number of terminal acetylenes is 1. The Morgan fingerprint density at radius 3 is 2.26 bits per heavy atom. The summed E-state index contributed by atoms with van der Waals surface area (Å²) in [5.41, 5.74) is 0. The van der Waals surface area contributed by atoms with Crippen molar-refractivity contribution in [1.29, 1.82) is 0 Å². The minimum absolute atomic E-state index is 0.0162. The van der Waals surface area contributed by atoms with Crippen LogP contribution in [0.1, 0.15) is 65.2 Å². The lowest BCUT2D eigenvalue weighted by Gasteiger charge is -2.12. The molecule has 0 aliphatic heterocycles. The summed E-state index contributed by atoms with van der Waals surface area (Å²) in [4.78, 5) is 11.5. The normalized spacial score (nSPS) is 11.8. The number of hydrogen-bond donors (Lipinski definition) is 2.